The fourth-order valence-electron chi connectivity index (χ4n) is 3.15. The van der Waals surface area contributed by atoms with Crippen molar-refractivity contribution in [3.05, 3.63) is 101 Å². The van der Waals surface area contributed by atoms with E-state index in [0.29, 0.717) is 11.0 Å². The maximum Gasteiger partial charge on any atom is 0.196 e. The van der Waals surface area contributed by atoms with E-state index in [1.807, 2.05) is 41.8 Å². The average molecular weight is 450 g/mol. The van der Waals surface area contributed by atoms with Crippen LogP contribution in [0.4, 0.5) is 0 Å². The van der Waals surface area contributed by atoms with Gasteiger partial charge in [0.2, 0.25) is 0 Å². The second-order valence-electron chi connectivity index (χ2n) is 7.42. The molecule has 7 heteroatoms. The lowest BCUT2D eigenvalue weighted by atomic mass is 10.2. The third-order valence-electron chi connectivity index (χ3n) is 4.90. The molecule has 0 aliphatic heterocycles. The molecule has 0 radical (unpaired) electrons. The highest BCUT2D eigenvalue weighted by Crippen LogP contribution is 2.27. The minimum absolute atomic E-state index is 0.219. The predicted octanol–water partition coefficient (Wildman–Crippen LogP) is 5.15. The van der Waals surface area contributed by atoms with Gasteiger partial charge in [-0.05, 0) is 43.7 Å². The standard InChI is InChI=1S/C24H23N3O2S2/c1-18-8-12-20(13-9-18)16-30-24-26-25-23(27(24)21-6-4-3-5-7-21)17-31(28,29)22-14-10-19(2)11-15-22/h3-15H,16-17H2,1-2H3. The SMILES string of the molecule is Cc1ccc(CSc2nnc(CS(=O)(=O)c3ccc(C)cc3)n2-c2ccccc2)cc1. The van der Waals surface area contributed by atoms with Gasteiger partial charge in [0.1, 0.15) is 5.75 Å². The van der Waals surface area contributed by atoms with Crippen LogP contribution in [-0.2, 0) is 21.3 Å². The number of aryl methyl sites for hydroxylation is 2. The zero-order valence-corrected chi connectivity index (χ0v) is 19.0. The third-order valence-corrected chi connectivity index (χ3v) is 7.53. The molecule has 3 aromatic carbocycles. The number of hydrogen-bond donors (Lipinski definition) is 0. The van der Waals surface area contributed by atoms with E-state index in [1.54, 1.807) is 24.3 Å². The maximum atomic E-state index is 13.0. The van der Waals surface area contributed by atoms with E-state index >= 15 is 0 Å². The van der Waals surface area contributed by atoms with Gasteiger partial charge in [-0.15, -0.1) is 10.2 Å². The molecule has 31 heavy (non-hydrogen) atoms. The van der Waals surface area contributed by atoms with Gasteiger partial charge < -0.3 is 0 Å². The fraction of sp³-hybridized carbons (Fsp3) is 0.167. The molecule has 0 bridgehead atoms. The van der Waals surface area contributed by atoms with Crippen molar-refractivity contribution in [3.8, 4) is 5.69 Å². The van der Waals surface area contributed by atoms with Crippen LogP contribution in [0.3, 0.4) is 0 Å². The van der Waals surface area contributed by atoms with E-state index in [2.05, 4.69) is 41.4 Å². The summed E-state index contributed by atoms with van der Waals surface area (Å²) in [4.78, 5) is 0.287. The molecule has 0 spiro atoms. The third kappa shape index (κ3) is 5.06. The molecule has 0 saturated carbocycles. The van der Waals surface area contributed by atoms with Crippen LogP contribution in [-0.4, -0.2) is 23.2 Å². The van der Waals surface area contributed by atoms with E-state index in [1.165, 1.54) is 22.9 Å². The molecule has 0 N–H and O–H groups in total. The van der Waals surface area contributed by atoms with Crippen molar-refractivity contribution in [3.63, 3.8) is 0 Å². The lowest BCUT2D eigenvalue weighted by Gasteiger charge is -2.11. The highest BCUT2D eigenvalue weighted by Gasteiger charge is 2.22. The Morgan fingerprint density at radius 3 is 2.06 bits per heavy atom. The first-order valence-electron chi connectivity index (χ1n) is 9.90. The van der Waals surface area contributed by atoms with E-state index in [4.69, 9.17) is 0 Å². The summed E-state index contributed by atoms with van der Waals surface area (Å²) in [5, 5.41) is 9.26. The van der Waals surface area contributed by atoms with Crippen molar-refractivity contribution in [2.45, 2.75) is 35.4 Å². The maximum absolute atomic E-state index is 13.0. The first-order valence-corrected chi connectivity index (χ1v) is 12.5. The van der Waals surface area contributed by atoms with Crippen LogP contribution in [0, 0.1) is 13.8 Å². The van der Waals surface area contributed by atoms with Gasteiger partial charge in [0, 0.05) is 11.4 Å². The van der Waals surface area contributed by atoms with Gasteiger partial charge in [0.15, 0.2) is 20.8 Å². The Morgan fingerprint density at radius 2 is 1.42 bits per heavy atom. The molecular weight excluding hydrogens is 426 g/mol. The Morgan fingerprint density at radius 1 is 0.806 bits per heavy atom. The van der Waals surface area contributed by atoms with Crippen LogP contribution >= 0.6 is 11.8 Å². The van der Waals surface area contributed by atoms with Crippen molar-refractivity contribution in [1.82, 2.24) is 14.8 Å². The highest BCUT2D eigenvalue weighted by molar-refractivity contribution is 7.98. The summed E-state index contributed by atoms with van der Waals surface area (Å²) in [6, 6.07) is 24.9. The normalized spacial score (nSPS) is 11.5. The number of nitrogens with zero attached hydrogens (tertiary/aromatic N) is 3. The van der Waals surface area contributed by atoms with Gasteiger partial charge in [0.25, 0.3) is 0 Å². The molecule has 0 atom stereocenters. The van der Waals surface area contributed by atoms with Crippen LogP contribution in [0.15, 0.2) is 88.9 Å². The fourth-order valence-corrected chi connectivity index (χ4v) is 5.33. The Bertz CT molecular complexity index is 1260. The second kappa shape index (κ2) is 9.08. The summed E-state index contributed by atoms with van der Waals surface area (Å²) in [7, 11) is -3.55. The molecule has 4 aromatic rings. The van der Waals surface area contributed by atoms with Crippen LogP contribution in [0.2, 0.25) is 0 Å². The van der Waals surface area contributed by atoms with Crippen molar-refractivity contribution in [1.29, 1.82) is 0 Å². The van der Waals surface area contributed by atoms with E-state index in [9.17, 15) is 8.42 Å². The van der Waals surface area contributed by atoms with Gasteiger partial charge in [0.05, 0.1) is 4.90 Å². The zero-order chi connectivity index (χ0) is 21.8. The van der Waals surface area contributed by atoms with E-state index in [-0.39, 0.29) is 10.6 Å². The van der Waals surface area contributed by atoms with Crippen LogP contribution in [0.5, 0.6) is 0 Å². The summed E-state index contributed by atoms with van der Waals surface area (Å²) < 4.78 is 27.9. The summed E-state index contributed by atoms with van der Waals surface area (Å²) in [6.07, 6.45) is 0. The van der Waals surface area contributed by atoms with Crippen LogP contribution in [0.1, 0.15) is 22.5 Å². The van der Waals surface area contributed by atoms with Gasteiger partial charge >= 0.3 is 0 Å². The van der Waals surface area contributed by atoms with E-state index in [0.717, 1.165) is 17.0 Å². The number of thioether (sulfide) groups is 1. The molecule has 0 saturated heterocycles. The molecule has 4 rings (SSSR count). The molecular formula is C24H23N3O2S2. The molecule has 5 nitrogen and oxygen atoms in total. The topological polar surface area (TPSA) is 64.8 Å². The van der Waals surface area contributed by atoms with Crippen molar-refractivity contribution in [2.24, 2.45) is 0 Å². The number of para-hydroxylation sites is 1. The number of aromatic nitrogens is 3. The number of hydrogen-bond acceptors (Lipinski definition) is 5. The summed E-state index contributed by atoms with van der Waals surface area (Å²) in [6.45, 7) is 3.99. The van der Waals surface area contributed by atoms with Gasteiger partial charge in [-0.1, -0.05) is 77.5 Å². The molecule has 0 unspecified atom stereocenters. The quantitative estimate of drug-likeness (QED) is 0.365. The molecule has 1 aromatic heterocycles. The number of rotatable bonds is 7. The minimum Gasteiger partial charge on any atom is -0.273 e. The largest absolute Gasteiger partial charge is 0.273 e. The van der Waals surface area contributed by atoms with E-state index < -0.39 is 9.84 Å². The first-order chi connectivity index (χ1) is 14.9. The molecule has 1 heterocycles. The number of sulfone groups is 1. The second-order valence-corrected chi connectivity index (χ2v) is 10.3. The molecule has 158 valence electrons. The summed E-state index contributed by atoms with van der Waals surface area (Å²) in [5.74, 6) is 0.900. The lowest BCUT2D eigenvalue weighted by molar-refractivity contribution is 0.593. The number of benzene rings is 3. The van der Waals surface area contributed by atoms with Gasteiger partial charge in [-0.3, -0.25) is 4.57 Å². The predicted molar refractivity (Wildman–Crippen MR) is 124 cm³/mol. The Balaban J connectivity index is 1.66. The monoisotopic (exact) mass is 449 g/mol. The highest BCUT2D eigenvalue weighted by atomic mass is 32.2. The summed E-state index contributed by atoms with van der Waals surface area (Å²) >= 11 is 1.54. The first kappa shape index (κ1) is 21.3. The molecule has 0 aliphatic carbocycles. The Labute approximate surface area is 187 Å². The van der Waals surface area contributed by atoms with Gasteiger partial charge in [-0.2, -0.15) is 0 Å². The molecule has 0 aliphatic rings. The van der Waals surface area contributed by atoms with Crippen LogP contribution < -0.4 is 0 Å². The average Bonchev–Trinajstić information content (AvgIpc) is 3.16. The minimum atomic E-state index is -3.55. The van der Waals surface area contributed by atoms with Crippen molar-refractivity contribution >= 4 is 21.6 Å². The summed E-state index contributed by atoms with van der Waals surface area (Å²) in [5.41, 5.74) is 4.24. The Kier molecular flexibility index (Phi) is 6.25. The van der Waals surface area contributed by atoms with Crippen molar-refractivity contribution in [2.75, 3.05) is 0 Å². The van der Waals surface area contributed by atoms with Crippen LogP contribution in [0.25, 0.3) is 5.69 Å². The van der Waals surface area contributed by atoms with Gasteiger partial charge in [-0.25, -0.2) is 8.42 Å². The molecule has 0 amide bonds. The lowest BCUT2D eigenvalue weighted by Crippen LogP contribution is -2.11. The molecule has 0 fully saturated rings. The Hall–Kier alpha value is -2.90. The smallest absolute Gasteiger partial charge is 0.196 e. The van der Waals surface area contributed by atoms with Crippen molar-refractivity contribution < 1.29 is 8.42 Å². The zero-order valence-electron chi connectivity index (χ0n) is 17.4.